The van der Waals surface area contributed by atoms with Crippen molar-refractivity contribution in [2.45, 2.75) is 0 Å². The lowest BCUT2D eigenvalue weighted by Crippen LogP contribution is -1.91. The number of furan rings is 1. The first-order valence-corrected chi connectivity index (χ1v) is 13.2. The first kappa shape index (κ1) is 10.1. The van der Waals surface area contributed by atoms with Crippen LogP contribution in [-0.2, 0) is 0 Å². The highest BCUT2D eigenvalue weighted by molar-refractivity contribution is 6.24. The van der Waals surface area contributed by atoms with Crippen LogP contribution in [0.3, 0.4) is 0 Å². The lowest BCUT2D eigenvalue weighted by atomic mass is 9.85. The molecule has 0 fully saturated rings. The van der Waals surface area contributed by atoms with Gasteiger partial charge in [-0.25, -0.2) is 0 Å². The number of fused-ring (bicyclic) bond motifs is 5. The zero-order valence-corrected chi connectivity index (χ0v) is 22.4. The van der Waals surface area contributed by atoms with Crippen molar-refractivity contribution in [2.75, 3.05) is 0 Å². The largest absolute Gasteiger partial charge is 0.455 e. The number of hydrogen-bond donors (Lipinski definition) is 0. The second-order valence-electron chi connectivity index (χ2n) is 9.51. The predicted molar refractivity (Wildman–Crippen MR) is 190 cm³/mol. The first-order chi connectivity index (χ1) is 34.0. The fourth-order valence-corrected chi connectivity index (χ4v) is 5.16. The van der Waals surface area contributed by atoms with E-state index in [0.29, 0.717) is 0 Å². The number of hydrogen-bond acceptors (Lipinski definition) is 1. The van der Waals surface area contributed by atoms with Gasteiger partial charge in [0.2, 0.25) is 0 Å². The van der Waals surface area contributed by atoms with Crippen molar-refractivity contribution in [2.24, 2.45) is 0 Å². The van der Waals surface area contributed by atoms with Crippen molar-refractivity contribution in [1.82, 2.24) is 0 Å². The Hall–Kier alpha value is -5.92. The molecule has 9 rings (SSSR count). The van der Waals surface area contributed by atoms with E-state index in [0.717, 1.165) is 0 Å². The Morgan fingerprint density at radius 2 is 0.800 bits per heavy atom. The second-order valence-corrected chi connectivity index (χ2v) is 9.51. The summed E-state index contributed by atoms with van der Waals surface area (Å²) in [5.41, 5.74) is -7.37. The first-order valence-electron chi connectivity index (χ1n) is 27.2. The van der Waals surface area contributed by atoms with Crippen molar-refractivity contribution < 1.29 is 42.8 Å². The van der Waals surface area contributed by atoms with Gasteiger partial charge >= 0.3 is 0 Å². The molecule has 0 aliphatic carbocycles. The standard InChI is InChI=1S/C44H28O/c1-3-12-29(13-4-1)31-22-24-32(25-23-31)42-34-16-7-9-18-36(34)43(37-19-10-8-17-35(37)42)39-21-11-20-38-40-28-33(30-14-5-2-6-15-30)26-27-41(40)45-44(38)39/h1-28H/i1D,2D,3D,4D,5D,6D,7D,8D,9D,10D,11D,12D,13D,14D,15D,16D,17D,18D,19D,20D,21D,22D,23D,24D,25D,26D,27D,28D. The van der Waals surface area contributed by atoms with E-state index in [4.69, 9.17) is 29.1 Å². The Labute approximate surface area is 301 Å². The molecule has 0 amide bonds. The van der Waals surface area contributed by atoms with Crippen LogP contribution in [0.15, 0.2) is 174 Å². The molecule has 0 atom stereocenters. The molecule has 0 aliphatic heterocycles. The highest BCUT2D eigenvalue weighted by Crippen LogP contribution is 2.46. The van der Waals surface area contributed by atoms with Crippen LogP contribution >= 0.6 is 0 Å². The van der Waals surface area contributed by atoms with Crippen molar-refractivity contribution in [3.8, 4) is 44.5 Å². The lowest BCUT2D eigenvalue weighted by Gasteiger charge is -2.18. The van der Waals surface area contributed by atoms with E-state index in [-0.39, 0.29) is 0 Å². The molecule has 0 aliphatic rings. The number of rotatable bonds is 4. The highest BCUT2D eigenvalue weighted by atomic mass is 16.3. The second kappa shape index (κ2) is 10.4. The van der Waals surface area contributed by atoms with Crippen molar-refractivity contribution in [3.05, 3.63) is 169 Å². The predicted octanol–water partition coefficient (Wildman–Crippen LogP) is 12.6. The van der Waals surface area contributed by atoms with Crippen molar-refractivity contribution in [1.29, 1.82) is 0 Å². The summed E-state index contributed by atoms with van der Waals surface area (Å²) in [6, 6.07) is -26.4. The molecule has 1 heteroatoms. The SMILES string of the molecule is [2H]c1c([2H])c([2H])c(-c2c([2H])c([2H])c(-c3c4c([2H])c([2H])c([2H])c([2H])c4c(-c4c([2H])c([2H])c([2H])c5c4oc4c([2H])c([2H])c(-c6c([2H])c([2H])c([2H])c([2H])c6[2H])c([2H])c45)c4c([2H])c([2H])c([2H])c([2H])c34)c([2H])c2[2H])c([2H])c1[2H]. The summed E-state index contributed by atoms with van der Waals surface area (Å²) < 4.78 is 255. The van der Waals surface area contributed by atoms with Gasteiger partial charge in [-0.1, -0.05) is 157 Å². The maximum absolute atomic E-state index is 9.43. The van der Waals surface area contributed by atoms with Crippen molar-refractivity contribution in [3.63, 3.8) is 0 Å². The summed E-state index contributed by atoms with van der Waals surface area (Å²) in [7, 11) is 0. The fourth-order valence-electron chi connectivity index (χ4n) is 5.16. The molecule has 0 unspecified atom stereocenters. The van der Waals surface area contributed by atoms with Gasteiger partial charge in [-0.3, -0.25) is 0 Å². The lowest BCUT2D eigenvalue weighted by molar-refractivity contribution is 0.670. The van der Waals surface area contributed by atoms with Gasteiger partial charge in [-0.15, -0.1) is 0 Å². The molecule has 0 radical (unpaired) electrons. The van der Waals surface area contributed by atoms with Gasteiger partial charge in [0.05, 0.1) is 38.4 Å². The van der Waals surface area contributed by atoms with Crippen LogP contribution in [0.2, 0.25) is 0 Å². The van der Waals surface area contributed by atoms with Crippen LogP contribution in [0.25, 0.3) is 88.0 Å². The molecule has 9 aromatic rings. The molecule has 0 bridgehead atoms. The Kier molecular flexibility index (Phi) is 2.32. The minimum atomic E-state index is -1.07. The van der Waals surface area contributed by atoms with Crippen LogP contribution in [-0.4, -0.2) is 0 Å². The molecular weight excluding hydrogens is 544 g/mol. The van der Waals surface area contributed by atoms with E-state index in [1.807, 2.05) is 0 Å². The number of para-hydroxylation sites is 1. The Bertz CT molecular complexity index is 3950. The third-order valence-corrected chi connectivity index (χ3v) is 7.06. The van der Waals surface area contributed by atoms with Crippen LogP contribution in [0.1, 0.15) is 38.4 Å². The summed E-state index contributed by atoms with van der Waals surface area (Å²) in [4.78, 5) is 0. The van der Waals surface area contributed by atoms with Gasteiger partial charge in [0, 0.05) is 21.9 Å². The quantitative estimate of drug-likeness (QED) is 0.183. The molecule has 0 saturated carbocycles. The smallest absolute Gasteiger partial charge is 0.143 e. The van der Waals surface area contributed by atoms with Crippen molar-refractivity contribution >= 4 is 43.5 Å². The van der Waals surface area contributed by atoms with Gasteiger partial charge in [-0.2, -0.15) is 0 Å². The van der Waals surface area contributed by atoms with Crippen LogP contribution in [0.4, 0.5) is 0 Å². The maximum atomic E-state index is 9.43. The molecule has 0 spiro atoms. The molecule has 210 valence electrons. The minimum Gasteiger partial charge on any atom is -0.455 e. The number of benzene rings is 8. The molecular formula is C44H28O. The van der Waals surface area contributed by atoms with E-state index < -0.39 is 257 Å². The van der Waals surface area contributed by atoms with E-state index in [2.05, 4.69) is 0 Å². The third kappa shape index (κ3) is 4.17. The molecule has 1 nitrogen and oxygen atoms in total. The molecule has 45 heavy (non-hydrogen) atoms. The molecule has 1 heterocycles. The summed E-state index contributed by atoms with van der Waals surface area (Å²) in [6.45, 7) is 0. The van der Waals surface area contributed by atoms with Gasteiger partial charge in [0.15, 0.2) is 0 Å². The summed E-state index contributed by atoms with van der Waals surface area (Å²) in [6.07, 6.45) is 0. The highest BCUT2D eigenvalue weighted by Gasteiger charge is 2.20. The summed E-state index contributed by atoms with van der Waals surface area (Å²) in [5, 5.41) is -4.13. The van der Waals surface area contributed by atoms with Crippen LogP contribution in [0, 0.1) is 0 Å². The van der Waals surface area contributed by atoms with Gasteiger partial charge in [-0.05, 0) is 67.0 Å². The maximum Gasteiger partial charge on any atom is 0.143 e. The summed E-state index contributed by atoms with van der Waals surface area (Å²) >= 11 is 0. The Morgan fingerprint density at radius 3 is 1.42 bits per heavy atom. The Balaban J connectivity index is 1.56. The molecule has 1 aromatic heterocycles. The molecule has 8 aromatic carbocycles. The van der Waals surface area contributed by atoms with E-state index in [1.165, 1.54) is 0 Å². The Morgan fingerprint density at radius 1 is 0.333 bits per heavy atom. The third-order valence-electron chi connectivity index (χ3n) is 7.06. The van der Waals surface area contributed by atoms with E-state index in [9.17, 15) is 13.7 Å². The summed E-state index contributed by atoms with van der Waals surface area (Å²) in [5.74, 6) is 0. The molecule has 0 saturated heterocycles. The zero-order valence-electron chi connectivity index (χ0n) is 50.4. The molecule has 0 N–H and O–H groups in total. The van der Waals surface area contributed by atoms with E-state index >= 15 is 0 Å². The van der Waals surface area contributed by atoms with Gasteiger partial charge < -0.3 is 4.42 Å². The zero-order chi connectivity index (χ0) is 54.1. The monoisotopic (exact) mass is 600 g/mol. The average molecular weight is 601 g/mol. The van der Waals surface area contributed by atoms with Gasteiger partial charge in [0.25, 0.3) is 0 Å². The topological polar surface area (TPSA) is 13.1 Å². The van der Waals surface area contributed by atoms with Crippen LogP contribution in [0.5, 0.6) is 0 Å². The van der Waals surface area contributed by atoms with Gasteiger partial charge in [0.1, 0.15) is 11.2 Å². The fraction of sp³-hybridized carbons (Fsp3) is 0. The normalized spacial score (nSPS) is 20.3. The van der Waals surface area contributed by atoms with E-state index in [1.54, 1.807) is 0 Å². The average Bonchev–Trinajstić information content (AvgIpc) is 3.76. The van der Waals surface area contributed by atoms with Crippen LogP contribution < -0.4 is 0 Å². The minimum absolute atomic E-state index is 0.561.